The van der Waals surface area contributed by atoms with Gasteiger partial charge in [-0.3, -0.25) is 4.79 Å². The molecule has 0 bridgehead atoms. The molecule has 0 aliphatic carbocycles. The van der Waals surface area contributed by atoms with Crippen molar-refractivity contribution in [1.29, 1.82) is 0 Å². The number of nitrogens with one attached hydrogen (secondary N) is 1. The fourth-order valence-electron chi connectivity index (χ4n) is 1.48. The predicted octanol–water partition coefficient (Wildman–Crippen LogP) is 3.29. The van der Waals surface area contributed by atoms with Crippen LogP contribution in [0.15, 0.2) is 50.6 Å². The Bertz CT molecular complexity index is 756. The molecule has 0 saturated carbocycles. The largest absolute Gasteiger partial charge is 0.457 e. The number of hydrogen-bond acceptors (Lipinski definition) is 4. The number of amides is 1. The molecule has 1 amide bonds. The number of alkyl halides is 2. The third kappa shape index (κ3) is 3.30. The lowest BCUT2D eigenvalue weighted by molar-refractivity contribution is 0.102. The zero-order valence-electron chi connectivity index (χ0n) is 10.2. The number of carbonyl (C=O) groups is 1. The first-order chi connectivity index (χ1) is 9.82. The van der Waals surface area contributed by atoms with E-state index in [4.69, 9.17) is 4.42 Å². The van der Waals surface area contributed by atoms with E-state index in [-0.39, 0.29) is 15.9 Å². The van der Waals surface area contributed by atoms with E-state index in [1.807, 2.05) is 0 Å². The quantitative estimate of drug-likeness (QED) is 0.883. The lowest BCUT2D eigenvalue weighted by Crippen LogP contribution is -2.13. The minimum Gasteiger partial charge on any atom is -0.457 e. The fourth-order valence-corrected chi connectivity index (χ4v) is 2.63. The average molecular weight is 380 g/mol. The van der Waals surface area contributed by atoms with Gasteiger partial charge in [0, 0.05) is 5.69 Å². The third-order valence-electron chi connectivity index (χ3n) is 2.54. The van der Waals surface area contributed by atoms with Crippen LogP contribution in [0.5, 0.6) is 0 Å². The molecule has 0 fully saturated rings. The molecule has 0 radical (unpaired) electrons. The summed E-state index contributed by atoms with van der Waals surface area (Å²) in [5.41, 5.74) is 0.514. The van der Waals surface area contributed by atoms with Gasteiger partial charge in [-0.25, -0.2) is 8.42 Å². The van der Waals surface area contributed by atoms with Gasteiger partial charge in [0.2, 0.25) is 9.84 Å². The first-order valence-electron chi connectivity index (χ1n) is 5.49. The van der Waals surface area contributed by atoms with Crippen LogP contribution in [-0.4, -0.2) is 20.1 Å². The van der Waals surface area contributed by atoms with Gasteiger partial charge in [-0.15, -0.1) is 0 Å². The molecule has 0 aliphatic rings. The minimum absolute atomic E-state index is 0.247. The van der Waals surface area contributed by atoms with Crippen molar-refractivity contribution in [2.24, 2.45) is 0 Å². The third-order valence-corrected chi connectivity index (χ3v) is 4.55. The second kappa shape index (κ2) is 5.94. The smallest absolute Gasteiger partial charge is 0.341 e. The maximum atomic E-state index is 12.4. The van der Waals surface area contributed by atoms with Crippen LogP contribution >= 0.6 is 15.9 Å². The number of benzene rings is 1. The van der Waals surface area contributed by atoms with Gasteiger partial charge < -0.3 is 9.73 Å². The monoisotopic (exact) mass is 379 g/mol. The van der Waals surface area contributed by atoms with E-state index in [1.165, 1.54) is 24.5 Å². The Balaban J connectivity index is 2.17. The van der Waals surface area contributed by atoms with Crippen LogP contribution in [0.1, 0.15) is 10.4 Å². The van der Waals surface area contributed by atoms with E-state index in [2.05, 4.69) is 21.2 Å². The molecule has 1 N–H and O–H groups in total. The van der Waals surface area contributed by atoms with Gasteiger partial charge in [0.25, 0.3) is 5.91 Å². The lowest BCUT2D eigenvalue weighted by Gasteiger charge is -2.06. The van der Waals surface area contributed by atoms with E-state index in [0.29, 0.717) is 0 Å². The standard InChI is InChI=1S/C12H8BrF2NO4S/c13-10-9(5-6-20-10)11(17)16-7-1-3-8(4-2-7)21(18,19)12(14)15/h1-6,12H,(H,16,17). The molecule has 21 heavy (non-hydrogen) atoms. The Morgan fingerprint density at radius 2 is 1.81 bits per heavy atom. The predicted molar refractivity (Wildman–Crippen MR) is 74.0 cm³/mol. The van der Waals surface area contributed by atoms with Gasteiger partial charge in [-0.05, 0) is 46.3 Å². The van der Waals surface area contributed by atoms with E-state index >= 15 is 0 Å². The number of hydrogen-bond donors (Lipinski definition) is 1. The number of anilines is 1. The van der Waals surface area contributed by atoms with Crippen LogP contribution in [0.4, 0.5) is 14.5 Å². The summed E-state index contributed by atoms with van der Waals surface area (Å²) in [6, 6.07) is 5.89. The Hall–Kier alpha value is -1.74. The highest BCUT2D eigenvalue weighted by Crippen LogP contribution is 2.22. The van der Waals surface area contributed by atoms with Crippen molar-refractivity contribution >= 4 is 37.4 Å². The summed E-state index contributed by atoms with van der Waals surface area (Å²) in [5, 5.41) is 2.48. The number of halogens is 3. The van der Waals surface area contributed by atoms with E-state index in [0.717, 1.165) is 12.1 Å². The van der Waals surface area contributed by atoms with Crippen molar-refractivity contribution in [2.45, 2.75) is 10.7 Å². The van der Waals surface area contributed by atoms with Crippen LogP contribution < -0.4 is 5.32 Å². The summed E-state index contributed by atoms with van der Waals surface area (Å²) in [5.74, 6) is -3.97. The van der Waals surface area contributed by atoms with Crippen LogP contribution in [0.3, 0.4) is 0 Å². The molecule has 9 heteroatoms. The number of carbonyl (C=O) groups excluding carboxylic acids is 1. The fraction of sp³-hybridized carbons (Fsp3) is 0.0833. The Morgan fingerprint density at radius 1 is 1.19 bits per heavy atom. The van der Waals surface area contributed by atoms with Gasteiger partial charge in [-0.1, -0.05) is 0 Å². The van der Waals surface area contributed by atoms with E-state index in [9.17, 15) is 22.0 Å². The molecule has 0 atom stereocenters. The Kier molecular flexibility index (Phi) is 4.43. The molecule has 112 valence electrons. The normalized spacial score (nSPS) is 11.6. The van der Waals surface area contributed by atoms with Crippen molar-refractivity contribution in [1.82, 2.24) is 0 Å². The molecule has 2 rings (SSSR count). The maximum Gasteiger partial charge on any atom is 0.341 e. The highest BCUT2D eigenvalue weighted by molar-refractivity contribution is 9.10. The molecule has 2 aromatic rings. The lowest BCUT2D eigenvalue weighted by atomic mass is 10.3. The summed E-state index contributed by atoms with van der Waals surface area (Å²) in [4.78, 5) is 11.3. The van der Waals surface area contributed by atoms with Gasteiger partial charge >= 0.3 is 5.76 Å². The summed E-state index contributed by atoms with van der Waals surface area (Å²) in [6.45, 7) is 0. The summed E-state index contributed by atoms with van der Waals surface area (Å²) in [7, 11) is -4.64. The average Bonchev–Trinajstić information content (AvgIpc) is 2.85. The van der Waals surface area contributed by atoms with E-state index < -0.39 is 26.4 Å². The van der Waals surface area contributed by atoms with Crippen molar-refractivity contribution < 1.29 is 26.4 Å². The summed E-state index contributed by atoms with van der Waals surface area (Å²) in [6.07, 6.45) is 1.32. The second-order valence-corrected chi connectivity index (χ2v) is 6.53. The summed E-state index contributed by atoms with van der Waals surface area (Å²) >= 11 is 3.04. The van der Waals surface area contributed by atoms with Crippen molar-refractivity contribution in [3.05, 3.63) is 46.8 Å². The molecule has 1 heterocycles. The molecule has 1 aromatic carbocycles. The molecule has 0 unspecified atom stereocenters. The van der Waals surface area contributed by atoms with Crippen molar-refractivity contribution in [3.63, 3.8) is 0 Å². The Morgan fingerprint density at radius 3 is 2.29 bits per heavy atom. The first-order valence-corrected chi connectivity index (χ1v) is 7.83. The molecule has 0 aliphatic heterocycles. The van der Waals surface area contributed by atoms with Crippen LogP contribution in [0, 0.1) is 0 Å². The molecule has 0 saturated heterocycles. The first kappa shape index (κ1) is 15.6. The number of sulfone groups is 1. The van der Waals surface area contributed by atoms with Gasteiger partial charge in [0.15, 0.2) is 4.67 Å². The van der Waals surface area contributed by atoms with Crippen LogP contribution in [0.2, 0.25) is 0 Å². The zero-order chi connectivity index (χ0) is 15.6. The molecule has 1 aromatic heterocycles. The molecular formula is C12H8BrF2NO4S. The Labute approximate surface area is 127 Å². The highest BCUT2D eigenvalue weighted by atomic mass is 79.9. The topological polar surface area (TPSA) is 76.4 Å². The SMILES string of the molecule is O=C(Nc1ccc(S(=O)(=O)C(F)F)cc1)c1ccoc1Br. The van der Waals surface area contributed by atoms with Gasteiger partial charge in [0.05, 0.1) is 16.7 Å². The van der Waals surface area contributed by atoms with Crippen LogP contribution in [0.25, 0.3) is 0 Å². The second-order valence-electron chi connectivity index (χ2n) is 3.89. The van der Waals surface area contributed by atoms with Crippen molar-refractivity contribution in [2.75, 3.05) is 5.32 Å². The van der Waals surface area contributed by atoms with Crippen molar-refractivity contribution in [3.8, 4) is 0 Å². The molecule has 5 nitrogen and oxygen atoms in total. The number of rotatable bonds is 4. The zero-order valence-corrected chi connectivity index (χ0v) is 12.6. The maximum absolute atomic E-state index is 12.4. The molecule has 0 spiro atoms. The summed E-state index contributed by atoms with van der Waals surface area (Å²) < 4.78 is 52.4. The van der Waals surface area contributed by atoms with Gasteiger partial charge in [-0.2, -0.15) is 8.78 Å². The van der Waals surface area contributed by atoms with E-state index in [1.54, 1.807) is 0 Å². The number of furan rings is 1. The van der Waals surface area contributed by atoms with Crippen LogP contribution in [-0.2, 0) is 9.84 Å². The molecular weight excluding hydrogens is 372 g/mol. The minimum atomic E-state index is -4.64. The highest BCUT2D eigenvalue weighted by Gasteiger charge is 2.26. The van der Waals surface area contributed by atoms with Gasteiger partial charge in [0.1, 0.15) is 0 Å².